The molecule has 4 aliphatic heterocycles. The number of amides is 3. The summed E-state index contributed by atoms with van der Waals surface area (Å²) in [5, 5.41) is 18.9. The second-order valence-corrected chi connectivity index (χ2v) is 12.4. The molecule has 1 spiro atoms. The first kappa shape index (κ1) is 30.1. The number of aromatic nitrogens is 3. The molecular formula is C34H38N6O6. The van der Waals surface area contributed by atoms with E-state index in [0.717, 1.165) is 5.52 Å². The molecule has 0 radical (unpaired) electrons. The Hall–Kier alpha value is -4.55. The van der Waals surface area contributed by atoms with E-state index in [9.17, 15) is 19.5 Å². The van der Waals surface area contributed by atoms with Gasteiger partial charge in [-0.15, -0.1) is 5.10 Å². The lowest BCUT2D eigenvalue weighted by Crippen LogP contribution is -2.58. The highest BCUT2D eigenvalue weighted by atomic mass is 16.5. The maximum absolute atomic E-state index is 14.7. The smallest absolute Gasteiger partial charge is 0.250 e. The van der Waals surface area contributed by atoms with Crippen LogP contribution in [-0.4, -0.2) is 97.2 Å². The normalized spacial score (nSPS) is 29.5. The third-order valence-electron chi connectivity index (χ3n) is 9.84. The zero-order chi connectivity index (χ0) is 32.2. The summed E-state index contributed by atoms with van der Waals surface area (Å²) in [5.41, 5.74) is -0.450. The van der Waals surface area contributed by atoms with Gasteiger partial charge in [0.25, 0.3) is 5.91 Å². The monoisotopic (exact) mass is 626 g/mol. The van der Waals surface area contributed by atoms with Gasteiger partial charge in [-0.25, -0.2) is 4.68 Å². The van der Waals surface area contributed by atoms with Gasteiger partial charge in [0.15, 0.2) is 0 Å². The second kappa shape index (κ2) is 11.4. The molecule has 240 valence electrons. The van der Waals surface area contributed by atoms with Crippen molar-refractivity contribution in [2.45, 2.75) is 57.1 Å². The number of para-hydroxylation sites is 1. The van der Waals surface area contributed by atoms with E-state index < -0.39 is 35.1 Å². The van der Waals surface area contributed by atoms with Crippen molar-refractivity contribution >= 4 is 34.4 Å². The van der Waals surface area contributed by atoms with Crippen LogP contribution < -0.4 is 9.64 Å². The molecule has 46 heavy (non-hydrogen) atoms. The molecule has 12 nitrogen and oxygen atoms in total. The minimum absolute atomic E-state index is 0.101. The largest absolute Gasteiger partial charge is 0.494 e. The van der Waals surface area contributed by atoms with E-state index in [1.54, 1.807) is 14.5 Å². The van der Waals surface area contributed by atoms with E-state index >= 15 is 0 Å². The lowest BCUT2D eigenvalue weighted by atomic mass is 9.74. The fourth-order valence-corrected chi connectivity index (χ4v) is 7.75. The number of benzene rings is 2. The molecule has 2 aromatic carbocycles. The van der Waals surface area contributed by atoms with Crippen molar-refractivity contribution in [2.24, 2.45) is 11.8 Å². The van der Waals surface area contributed by atoms with Gasteiger partial charge in [0.05, 0.1) is 42.2 Å². The van der Waals surface area contributed by atoms with E-state index in [1.807, 2.05) is 93.6 Å². The van der Waals surface area contributed by atoms with Crippen LogP contribution in [0.2, 0.25) is 0 Å². The van der Waals surface area contributed by atoms with Crippen molar-refractivity contribution < 1.29 is 29.0 Å². The van der Waals surface area contributed by atoms with Crippen LogP contribution in [0.15, 0.2) is 72.8 Å². The highest BCUT2D eigenvalue weighted by Crippen LogP contribution is 2.58. The van der Waals surface area contributed by atoms with Gasteiger partial charge in [-0.05, 0) is 56.7 Å². The van der Waals surface area contributed by atoms with Crippen molar-refractivity contribution in [1.82, 2.24) is 24.8 Å². The van der Waals surface area contributed by atoms with Crippen LogP contribution in [0.5, 0.6) is 5.75 Å². The number of likely N-dealkylation sites (tertiary alicyclic amines) is 1. The number of aliphatic hydroxyl groups is 1. The van der Waals surface area contributed by atoms with E-state index in [4.69, 9.17) is 9.47 Å². The summed E-state index contributed by atoms with van der Waals surface area (Å²) in [6.07, 6.45) is 7.81. The molecule has 0 aliphatic carbocycles. The molecule has 2 fully saturated rings. The quantitative estimate of drug-likeness (QED) is 0.378. The van der Waals surface area contributed by atoms with Crippen LogP contribution in [0.4, 0.5) is 5.69 Å². The Bertz CT molecular complexity index is 1730. The Labute approximate surface area is 266 Å². The lowest BCUT2D eigenvalue weighted by molar-refractivity contribution is -0.155. The molecular weight excluding hydrogens is 588 g/mol. The zero-order valence-corrected chi connectivity index (χ0v) is 26.2. The van der Waals surface area contributed by atoms with Crippen molar-refractivity contribution in [2.75, 3.05) is 31.2 Å². The van der Waals surface area contributed by atoms with Crippen LogP contribution in [-0.2, 0) is 25.8 Å². The topological polar surface area (TPSA) is 130 Å². The number of hydrogen-bond acceptors (Lipinski definition) is 8. The molecule has 2 saturated heterocycles. The zero-order valence-electron chi connectivity index (χ0n) is 26.2. The van der Waals surface area contributed by atoms with Gasteiger partial charge in [-0.3, -0.25) is 14.4 Å². The SMILES string of the molecule is CCOc1ccc(N2CC=C[C@]3(C)O[C@]45C=CCN(Cn6nnc7ccccc76)C(=O)C4N([C@@H](CC)CO)C(=O)[C@@H]5[C@@H]3C2=O)cc1. The maximum atomic E-state index is 14.7. The van der Waals surface area contributed by atoms with E-state index in [0.29, 0.717) is 36.5 Å². The number of aliphatic hydroxyl groups excluding tert-OH is 1. The lowest BCUT2D eigenvalue weighted by Gasteiger charge is -2.39. The van der Waals surface area contributed by atoms with Crippen LogP contribution in [0, 0.1) is 11.8 Å². The number of hydrogen-bond donors (Lipinski definition) is 1. The van der Waals surface area contributed by atoms with Crippen molar-refractivity contribution in [3.05, 3.63) is 72.8 Å². The minimum atomic E-state index is -1.43. The van der Waals surface area contributed by atoms with Crippen LogP contribution in [0.1, 0.15) is 27.2 Å². The third kappa shape index (κ3) is 4.45. The van der Waals surface area contributed by atoms with E-state index in [2.05, 4.69) is 10.3 Å². The fraction of sp³-hybridized carbons (Fsp3) is 0.441. The predicted molar refractivity (Wildman–Crippen MR) is 168 cm³/mol. The number of nitrogens with zero attached hydrogens (tertiary/aromatic N) is 6. The number of anilines is 1. The average molecular weight is 627 g/mol. The Morgan fingerprint density at radius 1 is 0.978 bits per heavy atom. The van der Waals surface area contributed by atoms with Crippen molar-refractivity contribution in [3.63, 3.8) is 0 Å². The fourth-order valence-electron chi connectivity index (χ4n) is 7.75. The first-order valence-electron chi connectivity index (χ1n) is 15.9. The molecule has 7 rings (SSSR count). The Balaban J connectivity index is 1.29. The first-order valence-corrected chi connectivity index (χ1v) is 15.9. The number of ether oxygens (including phenoxy) is 2. The molecule has 1 unspecified atom stereocenters. The van der Waals surface area contributed by atoms with Gasteiger partial charge in [0.2, 0.25) is 11.8 Å². The van der Waals surface area contributed by atoms with Gasteiger partial charge < -0.3 is 29.3 Å². The summed E-state index contributed by atoms with van der Waals surface area (Å²) in [6, 6.07) is 13.1. The number of rotatable bonds is 8. The standard InChI is InChI=1S/C34H38N6O6/c1-4-22(20-41)40-29-32(44)37(21-39-26-11-7-6-10-25(26)35-36-39)18-9-17-34(29)28(31(40)43)27-30(42)38(19-8-16-33(27,3)46-34)23-12-14-24(15-13-23)45-5-2/h6-17,22,27-29,41H,4-5,18-21H2,1-3H3/t22-,27+,28-,29?,33-,34-/m0/s1. The maximum Gasteiger partial charge on any atom is 0.250 e. The highest BCUT2D eigenvalue weighted by molar-refractivity contribution is 6.04. The molecule has 6 atom stereocenters. The van der Waals surface area contributed by atoms with E-state index in [1.165, 1.54) is 4.90 Å². The summed E-state index contributed by atoms with van der Waals surface area (Å²) in [7, 11) is 0. The minimum Gasteiger partial charge on any atom is -0.494 e. The van der Waals surface area contributed by atoms with Gasteiger partial charge >= 0.3 is 0 Å². The van der Waals surface area contributed by atoms with Crippen molar-refractivity contribution in [3.8, 4) is 5.75 Å². The summed E-state index contributed by atoms with van der Waals surface area (Å²) in [4.78, 5) is 48.7. The molecule has 1 aromatic heterocycles. The van der Waals surface area contributed by atoms with Gasteiger partial charge in [0.1, 0.15) is 29.6 Å². The molecule has 12 heteroatoms. The number of fused-ring (bicyclic) bond motifs is 3. The Morgan fingerprint density at radius 3 is 2.48 bits per heavy atom. The van der Waals surface area contributed by atoms with Gasteiger partial charge in [0, 0.05) is 18.8 Å². The number of carbonyl (C=O) groups excluding carboxylic acids is 3. The van der Waals surface area contributed by atoms with Gasteiger partial charge in [-0.2, -0.15) is 0 Å². The van der Waals surface area contributed by atoms with Gasteiger partial charge in [-0.1, -0.05) is 48.6 Å². The second-order valence-electron chi connectivity index (χ2n) is 12.4. The predicted octanol–water partition coefficient (Wildman–Crippen LogP) is 2.53. The Morgan fingerprint density at radius 2 is 1.74 bits per heavy atom. The molecule has 3 amide bonds. The van der Waals surface area contributed by atoms with Crippen LogP contribution in [0.25, 0.3) is 11.0 Å². The van der Waals surface area contributed by atoms with Crippen LogP contribution >= 0.6 is 0 Å². The van der Waals surface area contributed by atoms with Crippen LogP contribution in [0.3, 0.4) is 0 Å². The summed E-state index contributed by atoms with van der Waals surface area (Å²) >= 11 is 0. The number of carbonyl (C=O) groups is 3. The highest BCUT2D eigenvalue weighted by Gasteiger charge is 2.75. The average Bonchev–Trinajstić information content (AvgIpc) is 3.59. The molecule has 4 aliphatic rings. The molecule has 5 heterocycles. The molecule has 0 saturated carbocycles. The summed E-state index contributed by atoms with van der Waals surface area (Å²) in [6.45, 7) is 6.42. The van der Waals surface area contributed by atoms with Crippen molar-refractivity contribution in [1.29, 1.82) is 0 Å². The first-order chi connectivity index (χ1) is 22.3. The molecule has 1 N–H and O–H groups in total. The molecule has 0 bridgehead atoms. The Kier molecular flexibility index (Phi) is 7.44. The van der Waals surface area contributed by atoms with E-state index in [-0.39, 0.29) is 37.5 Å². The molecule has 3 aromatic rings. The summed E-state index contributed by atoms with van der Waals surface area (Å²) < 4.78 is 14.2. The summed E-state index contributed by atoms with van der Waals surface area (Å²) in [5.74, 6) is -2.19. The third-order valence-corrected chi connectivity index (χ3v) is 9.84.